The molecule has 1 aliphatic heterocycles. The lowest BCUT2D eigenvalue weighted by atomic mass is 9.88. The highest BCUT2D eigenvalue weighted by Crippen LogP contribution is 2.35. The molecule has 0 spiro atoms. The monoisotopic (exact) mass is 225 g/mol. The van der Waals surface area contributed by atoms with Crippen molar-refractivity contribution >= 4 is 11.9 Å². The first-order valence-corrected chi connectivity index (χ1v) is 6.08. The van der Waals surface area contributed by atoms with Crippen molar-refractivity contribution < 1.29 is 14.7 Å². The van der Waals surface area contributed by atoms with Crippen LogP contribution in [0.3, 0.4) is 0 Å². The predicted molar refractivity (Wildman–Crippen MR) is 58.9 cm³/mol. The van der Waals surface area contributed by atoms with E-state index in [2.05, 4.69) is 0 Å². The van der Waals surface area contributed by atoms with Crippen LogP contribution in [0.1, 0.15) is 45.4 Å². The first-order valence-electron chi connectivity index (χ1n) is 6.08. The van der Waals surface area contributed by atoms with Crippen LogP contribution in [0.15, 0.2) is 0 Å². The fourth-order valence-electron chi connectivity index (χ4n) is 2.42. The molecule has 1 saturated carbocycles. The maximum atomic E-state index is 12.0. The van der Waals surface area contributed by atoms with Crippen LogP contribution in [0.25, 0.3) is 0 Å². The molecule has 1 saturated heterocycles. The van der Waals surface area contributed by atoms with Gasteiger partial charge in [0.1, 0.15) is 5.54 Å². The Hall–Kier alpha value is -1.06. The van der Waals surface area contributed by atoms with E-state index in [1.54, 1.807) is 11.8 Å². The summed E-state index contributed by atoms with van der Waals surface area (Å²) in [7, 11) is 0. The molecule has 0 aromatic rings. The summed E-state index contributed by atoms with van der Waals surface area (Å²) in [5, 5.41) is 9.27. The highest BCUT2D eigenvalue weighted by atomic mass is 16.4. The van der Waals surface area contributed by atoms with Crippen LogP contribution in [0.5, 0.6) is 0 Å². The standard InChI is InChI=1S/C12H19NO3/c1-12(11(15)16)6-2-3-7-13(12)10(14)8-9-4-5-9/h9H,2-8H2,1H3,(H,15,16). The number of carbonyl (C=O) groups excluding carboxylic acids is 1. The van der Waals surface area contributed by atoms with Crippen LogP contribution in [-0.2, 0) is 9.59 Å². The molecule has 2 aliphatic rings. The average molecular weight is 225 g/mol. The number of hydrogen-bond acceptors (Lipinski definition) is 2. The SMILES string of the molecule is CC1(C(=O)O)CCCCN1C(=O)CC1CC1. The quantitative estimate of drug-likeness (QED) is 0.794. The predicted octanol–water partition coefficient (Wildman–Crippen LogP) is 1.64. The number of carboxylic acids is 1. The van der Waals surface area contributed by atoms with E-state index in [-0.39, 0.29) is 5.91 Å². The van der Waals surface area contributed by atoms with Crippen molar-refractivity contribution in [2.24, 2.45) is 5.92 Å². The van der Waals surface area contributed by atoms with Crippen LogP contribution < -0.4 is 0 Å². The van der Waals surface area contributed by atoms with Gasteiger partial charge in [0, 0.05) is 13.0 Å². The van der Waals surface area contributed by atoms with E-state index in [1.165, 1.54) is 0 Å². The number of aliphatic carboxylic acids is 1. The Morgan fingerprint density at radius 1 is 1.38 bits per heavy atom. The average Bonchev–Trinajstić information content (AvgIpc) is 3.02. The molecule has 1 unspecified atom stereocenters. The number of carbonyl (C=O) groups is 2. The number of carboxylic acid groups (broad SMARTS) is 1. The highest BCUT2D eigenvalue weighted by molar-refractivity contribution is 5.87. The number of amides is 1. The lowest BCUT2D eigenvalue weighted by Crippen LogP contribution is -2.57. The summed E-state index contributed by atoms with van der Waals surface area (Å²) in [5.41, 5.74) is -0.968. The van der Waals surface area contributed by atoms with Gasteiger partial charge in [-0.1, -0.05) is 0 Å². The largest absolute Gasteiger partial charge is 0.480 e. The zero-order valence-corrected chi connectivity index (χ0v) is 9.74. The van der Waals surface area contributed by atoms with Gasteiger partial charge in [-0.05, 0) is 44.9 Å². The molecule has 4 heteroatoms. The first-order chi connectivity index (χ1) is 7.54. The lowest BCUT2D eigenvalue weighted by Gasteiger charge is -2.41. The van der Waals surface area contributed by atoms with Crippen molar-refractivity contribution in [3.8, 4) is 0 Å². The van der Waals surface area contributed by atoms with Crippen molar-refractivity contribution in [3.05, 3.63) is 0 Å². The summed E-state index contributed by atoms with van der Waals surface area (Å²) >= 11 is 0. The molecule has 0 bridgehead atoms. The molecule has 90 valence electrons. The Balaban J connectivity index is 2.08. The second-order valence-corrected chi connectivity index (χ2v) is 5.23. The van der Waals surface area contributed by atoms with E-state index in [1.807, 2.05) is 0 Å². The molecule has 1 heterocycles. The van der Waals surface area contributed by atoms with E-state index in [4.69, 9.17) is 0 Å². The molecule has 1 atom stereocenters. The Morgan fingerprint density at radius 2 is 2.06 bits per heavy atom. The Labute approximate surface area is 95.6 Å². The van der Waals surface area contributed by atoms with Crippen molar-refractivity contribution in [3.63, 3.8) is 0 Å². The summed E-state index contributed by atoms with van der Waals surface area (Å²) in [4.78, 5) is 24.9. The summed E-state index contributed by atoms with van der Waals surface area (Å²) in [6.07, 6.45) is 5.21. The van der Waals surface area contributed by atoms with Crippen LogP contribution in [-0.4, -0.2) is 34.0 Å². The van der Waals surface area contributed by atoms with Gasteiger partial charge in [0.25, 0.3) is 0 Å². The van der Waals surface area contributed by atoms with E-state index in [0.717, 1.165) is 25.7 Å². The van der Waals surface area contributed by atoms with Gasteiger partial charge in [0.2, 0.25) is 5.91 Å². The first kappa shape index (κ1) is 11.4. The Bertz CT molecular complexity index is 311. The van der Waals surface area contributed by atoms with Gasteiger partial charge in [-0.15, -0.1) is 0 Å². The van der Waals surface area contributed by atoms with Gasteiger partial charge >= 0.3 is 5.97 Å². The van der Waals surface area contributed by atoms with Gasteiger partial charge in [-0.25, -0.2) is 4.79 Å². The molecule has 1 aliphatic carbocycles. The molecule has 0 aromatic heterocycles. The van der Waals surface area contributed by atoms with Crippen LogP contribution in [0.2, 0.25) is 0 Å². The molecule has 2 rings (SSSR count). The lowest BCUT2D eigenvalue weighted by molar-refractivity contribution is -0.161. The number of piperidine rings is 1. The number of hydrogen-bond donors (Lipinski definition) is 1. The van der Waals surface area contributed by atoms with Crippen molar-refractivity contribution in [1.29, 1.82) is 0 Å². The van der Waals surface area contributed by atoms with Gasteiger partial charge in [-0.3, -0.25) is 4.79 Å². The topological polar surface area (TPSA) is 57.6 Å². The maximum absolute atomic E-state index is 12.0. The van der Waals surface area contributed by atoms with Crippen molar-refractivity contribution in [2.75, 3.05) is 6.54 Å². The molecule has 4 nitrogen and oxygen atoms in total. The molecule has 1 amide bonds. The normalized spacial score (nSPS) is 30.2. The Kier molecular flexibility index (Phi) is 2.91. The van der Waals surface area contributed by atoms with E-state index in [9.17, 15) is 14.7 Å². The summed E-state index contributed by atoms with van der Waals surface area (Å²) < 4.78 is 0. The van der Waals surface area contributed by atoms with Gasteiger partial charge < -0.3 is 10.0 Å². The molecular formula is C12H19NO3. The summed E-state index contributed by atoms with van der Waals surface area (Å²) in [5.74, 6) is -0.309. The van der Waals surface area contributed by atoms with Gasteiger partial charge in [0.15, 0.2) is 0 Å². The van der Waals surface area contributed by atoms with Crippen LogP contribution in [0, 0.1) is 5.92 Å². The second kappa shape index (κ2) is 4.07. The zero-order valence-electron chi connectivity index (χ0n) is 9.74. The summed E-state index contributed by atoms with van der Waals surface area (Å²) in [6.45, 7) is 2.29. The molecule has 1 N–H and O–H groups in total. The van der Waals surface area contributed by atoms with Gasteiger partial charge in [-0.2, -0.15) is 0 Å². The van der Waals surface area contributed by atoms with Gasteiger partial charge in [0.05, 0.1) is 0 Å². The third-order valence-electron chi connectivity index (χ3n) is 3.81. The van der Waals surface area contributed by atoms with Crippen molar-refractivity contribution in [1.82, 2.24) is 4.90 Å². The molecule has 0 aromatic carbocycles. The second-order valence-electron chi connectivity index (χ2n) is 5.23. The molecule has 16 heavy (non-hydrogen) atoms. The number of rotatable bonds is 3. The Morgan fingerprint density at radius 3 is 2.62 bits per heavy atom. The highest BCUT2D eigenvalue weighted by Gasteiger charge is 2.44. The number of nitrogens with zero attached hydrogens (tertiary/aromatic N) is 1. The third kappa shape index (κ3) is 2.06. The van der Waals surface area contributed by atoms with Crippen LogP contribution >= 0.6 is 0 Å². The summed E-state index contributed by atoms with van der Waals surface area (Å²) in [6, 6.07) is 0. The zero-order chi connectivity index (χ0) is 11.8. The fraction of sp³-hybridized carbons (Fsp3) is 0.833. The molecular weight excluding hydrogens is 206 g/mol. The smallest absolute Gasteiger partial charge is 0.329 e. The third-order valence-corrected chi connectivity index (χ3v) is 3.81. The van der Waals surface area contributed by atoms with E-state index >= 15 is 0 Å². The van der Waals surface area contributed by atoms with E-state index in [0.29, 0.717) is 25.3 Å². The fourth-order valence-corrected chi connectivity index (χ4v) is 2.42. The van der Waals surface area contributed by atoms with E-state index < -0.39 is 11.5 Å². The molecule has 0 radical (unpaired) electrons. The minimum Gasteiger partial charge on any atom is -0.480 e. The molecule has 2 fully saturated rings. The number of likely N-dealkylation sites (tertiary alicyclic amines) is 1. The minimum absolute atomic E-state index is 0.0344. The van der Waals surface area contributed by atoms with Crippen molar-refractivity contribution in [2.45, 2.75) is 51.0 Å². The minimum atomic E-state index is -0.968. The van der Waals surface area contributed by atoms with Crippen LogP contribution in [0.4, 0.5) is 0 Å². The maximum Gasteiger partial charge on any atom is 0.329 e.